The minimum atomic E-state index is -0.814. The number of carbonyl (C=O) groups excluding carboxylic acids is 2. The Morgan fingerprint density at radius 2 is 1.67 bits per heavy atom. The minimum Gasteiger partial charge on any atom is -0.497 e. The third-order valence-electron chi connectivity index (χ3n) is 6.67. The van der Waals surface area contributed by atoms with Crippen molar-refractivity contribution >= 4 is 17.5 Å². The first-order chi connectivity index (χ1) is 14.3. The van der Waals surface area contributed by atoms with E-state index in [2.05, 4.69) is 36.0 Å². The Labute approximate surface area is 177 Å². The Morgan fingerprint density at radius 1 is 0.967 bits per heavy atom. The molecule has 3 saturated heterocycles. The van der Waals surface area contributed by atoms with Crippen LogP contribution in [0, 0.1) is 5.41 Å². The smallest absolute Gasteiger partial charge is 0.256 e. The molecule has 5 rings (SSSR count). The number of para-hydroxylation sites is 1. The summed E-state index contributed by atoms with van der Waals surface area (Å²) in [6, 6.07) is 17.4. The van der Waals surface area contributed by atoms with Crippen LogP contribution in [0.4, 0.5) is 5.69 Å². The lowest BCUT2D eigenvalue weighted by Crippen LogP contribution is -2.52. The third kappa shape index (κ3) is 2.78. The van der Waals surface area contributed by atoms with Gasteiger partial charge in [-0.2, -0.15) is 0 Å². The van der Waals surface area contributed by atoms with E-state index in [-0.39, 0.29) is 29.7 Å². The van der Waals surface area contributed by atoms with Gasteiger partial charge in [0, 0.05) is 13.1 Å². The van der Waals surface area contributed by atoms with E-state index in [1.165, 1.54) is 4.90 Å². The molecule has 0 aliphatic carbocycles. The molecule has 0 radical (unpaired) electrons. The summed E-state index contributed by atoms with van der Waals surface area (Å²) in [5, 5.41) is 4.52. The highest BCUT2D eigenvalue weighted by atomic mass is 16.5. The summed E-state index contributed by atoms with van der Waals surface area (Å²) in [5.41, 5.74) is 1.03. The average molecular weight is 405 g/mol. The highest BCUT2D eigenvalue weighted by molar-refractivity contribution is 6.24. The van der Waals surface area contributed by atoms with Gasteiger partial charge in [0.1, 0.15) is 11.3 Å². The summed E-state index contributed by atoms with van der Waals surface area (Å²) in [5.74, 6) is 0.594. The number of imide groups is 1. The number of nitrogens with zero attached hydrogens (tertiary/aromatic N) is 3. The fraction of sp³-hybridized carbons (Fsp3) is 0.417. The van der Waals surface area contributed by atoms with Crippen molar-refractivity contribution in [3.05, 3.63) is 60.2 Å². The summed E-state index contributed by atoms with van der Waals surface area (Å²) in [6.45, 7) is 6.07. The number of benzene rings is 2. The molecule has 0 N–H and O–H groups in total. The van der Waals surface area contributed by atoms with Crippen LogP contribution in [0.25, 0.3) is 0 Å². The fourth-order valence-corrected chi connectivity index (χ4v) is 5.32. The van der Waals surface area contributed by atoms with Gasteiger partial charge in [0.05, 0.1) is 25.3 Å². The standard InChI is InChI=1S/C24H27N3O3/c1-23(2)15-25-20(17-9-11-19(30-3)12-10-17)13-24(26(25)16-23)14-21(28)27(22(24)29)18-7-5-4-6-8-18/h4-12,20H,13-16H2,1-3H3. The van der Waals surface area contributed by atoms with Gasteiger partial charge in [0.15, 0.2) is 0 Å². The van der Waals surface area contributed by atoms with Gasteiger partial charge in [-0.05, 0) is 41.7 Å². The van der Waals surface area contributed by atoms with Crippen molar-refractivity contribution in [2.24, 2.45) is 5.41 Å². The van der Waals surface area contributed by atoms with Gasteiger partial charge in [-0.1, -0.05) is 44.2 Å². The highest BCUT2D eigenvalue weighted by Gasteiger charge is 2.65. The minimum absolute atomic E-state index is 0.0433. The van der Waals surface area contributed by atoms with E-state index >= 15 is 0 Å². The number of methoxy groups -OCH3 is 1. The Morgan fingerprint density at radius 3 is 2.33 bits per heavy atom. The van der Waals surface area contributed by atoms with Gasteiger partial charge in [-0.25, -0.2) is 14.9 Å². The molecule has 2 aromatic rings. The molecule has 3 aliphatic heterocycles. The van der Waals surface area contributed by atoms with Gasteiger partial charge < -0.3 is 4.74 Å². The monoisotopic (exact) mass is 405 g/mol. The summed E-state index contributed by atoms with van der Waals surface area (Å²) in [7, 11) is 1.66. The Kier molecular flexibility index (Phi) is 4.27. The van der Waals surface area contributed by atoms with Crippen molar-refractivity contribution in [3.8, 4) is 5.75 Å². The summed E-state index contributed by atoms with van der Waals surface area (Å²) in [4.78, 5) is 28.2. The van der Waals surface area contributed by atoms with Crippen LogP contribution in [-0.4, -0.2) is 47.6 Å². The van der Waals surface area contributed by atoms with Crippen LogP contribution in [0.2, 0.25) is 0 Å². The van der Waals surface area contributed by atoms with Gasteiger partial charge >= 0.3 is 0 Å². The summed E-state index contributed by atoms with van der Waals surface area (Å²) >= 11 is 0. The normalized spacial score (nSPS) is 28.5. The first-order valence-electron chi connectivity index (χ1n) is 10.5. The lowest BCUT2D eigenvalue weighted by Gasteiger charge is -2.33. The zero-order valence-corrected chi connectivity index (χ0v) is 17.7. The quantitative estimate of drug-likeness (QED) is 0.733. The fourth-order valence-electron chi connectivity index (χ4n) is 5.32. The summed E-state index contributed by atoms with van der Waals surface area (Å²) in [6.07, 6.45) is 0.837. The molecule has 2 amide bonds. The first kappa shape index (κ1) is 19.3. The molecule has 0 saturated carbocycles. The van der Waals surface area contributed by atoms with Crippen LogP contribution in [-0.2, 0) is 9.59 Å². The highest BCUT2D eigenvalue weighted by Crippen LogP contribution is 2.53. The second-order valence-electron chi connectivity index (χ2n) is 9.39. The van der Waals surface area contributed by atoms with Crippen molar-refractivity contribution in [2.45, 2.75) is 38.3 Å². The molecule has 6 nitrogen and oxygen atoms in total. The zero-order valence-electron chi connectivity index (χ0n) is 17.7. The molecule has 2 unspecified atom stereocenters. The van der Waals surface area contributed by atoms with E-state index in [0.29, 0.717) is 12.1 Å². The maximum absolute atomic E-state index is 13.8. The molecular formula is C24H27N3O3. The van der Waals surface area contributed by atoms with Crippen LogP contribution in [0.15, 0.2) is 54.6 Å². The third-order valence-corrected chi connectivity index (χ3v) is 6.67. The molecular weight excluding hydrogens is 378 g/mol. The Balaban J connectivity index is 1.55. The van der Waals surface area contributed by atoms with Crippen molar-refractivity contribution in [2.75, 3.05) is 25.1 Å². The van der Waals surface area contributed by atoms with Crippen molar-refractivity contribution < 1.29 is 14.3 Å². The maximum Gasteiger partial charge on any atom is 0.256 e. The number of fused-ring (bicyclic) bond motifs is 2. The van der Waals surface area contributed by atoms with Crippen LogP contribution in [0.5, 0.6) is 5.75 Å². The molecule has 3 fully saturated rings. The van der Waals surface area contributed by atoms with Gasteiger partial charge in [-0.15, -0.1) is 0 Å². The van der Waals surface area contributed by atoms with Crippen molar-refractivity contribution in [3.63, 3.8) is 0 Å². The van der Waals surface area contributed by atoms with Gasteiger partial charge in [0.2, 0.25) is 5.91 Å². The number of hydrogen-bond donors (Lipinski definition) is 0. The number of anilines is 1. The lowest BCUT2D eigenvalue weighted by molar-refractivity contribution is -0.131. The van der Waals surface area contributed by atoms with E-state index in [1.807, 2.05) is 42.5 Å². The number of ether oxygens (including phenoxy) is 1. The molecule has 2 aromatic carbocycles. The van der Waals surface area contributed by atoms with E-state index in [9.17, 15) is 9.59 Å². The van der Waals surface area contributed by atoms with Crippen LogP contribution < -0.4 is 9.64 Å². The Hall–Kier alpha value is -2.70. The SMILES string of the molecule is COc1ccc(C2CC3(CC(=O)N(c4ccccc4)C3=O)N3CC(C)(C)CN23)cc1. The van der Waals surface area contributed by atoms with Crippen LogP contribution in [0.3, 0.4) is 0 Å². The van der Waals surface area contributed by atoms with Gasteiger partial charge in [-0.3, -0.25) is 9.59 Å². The van der Waals surface area contributed by atoms with Crippen LogP contribution >= 0.6 is 0 Å². The molecule has 3 aliphatic rings. The number of amides is 2. The van der Waals surface area contributed by atoms with E-state index < -0.39 is 5.54 Å². The topological polar surface area (TPSA) is 53.1 Å². The summed E-state index contributed by atoms with van der Waals surface area (Å²) < 4.78 is 5.31. The van der Waals surface area contributed by atoms with Crippen molar-refractivity contribution in [1.29, 1.82) is 0 Å². The maximum atomic E-state index is 13.8. The second-order valence-corrected chi connectivity index (χ2v) is 9.39. The van der Waals surface area contributed by atoms with Crippen molar-refractivity contribution in [1.82, 2.24) is 10.0 Å². The van der Waals surface area contributed by atoms with Crippen LogP contribution in [0.1, 0.15) is 38.3 Å². The predicted octanol–water partition coefficient (Wildman–Crippen LogP) is 3.40. The molecule has 30 heavy (non-hydrogen) atoms. The molecule has 6 heteroatoms. The van der Waals surface area contributed by atoms with E-state index in [0.717, 1.165) is 24.4 Å². The number of carbonyl (C=O) groups is 2. The second kappa shape index (κ2) is 6.65. The Bertz CT molecular complexity index is 989. The molecule has 1 spiro atoms. The molecule has 156 valence electrons. The molecule has 0 aromatic heterocycles. The van der Waals surface area contributed by atoms with E-state index in [1.54, 1.807) is 7.11 Å². The number of hydrazine groups is 1. The molecule has 0 bridgehead atoms. The lowest BCUT2D eigenvalue weighted by atomic mass is 9.85. The average Bonchev–Trinajstić information content (AvgIpc) is 3.30. The van der Waals surface area contributed by atoms with E-state index in [4.69, 9.17) is 4.74 Å². The number of rotatable bonds is 3. The molecule has 2 atom stereocenters. The largest absolute Gasteiger partial charge is 0.497 e. The molecule has 3 heterocycles. The number of hydrogen-bond acceptors (Lipinski definition) is 5. The zero-order chi connectivity index (χ0) is 21.1. The van der Waals surface area contributed by atoms with Gasteiger partial charge in [0.25, 0.3) is 5.91 Å². The predicted molar refractivity (Wildman–Crippen MR) is 114 cm³/mol. The first-order valence-corrected chi connectivity index (χ1v) is 10.5.